The first kappa shape index (κ1) is 19.8. The van der Waals surface area contributed by atoms with Gasteiger partial charge < -0.3 is 20.7 Å². The zero-order valence-electron chi connectivity index (χ0n) is 16.1. The van der Waals surface area contributed by atoms with Gasteiger partial charge in [-0.3, -0.25) is 9.59 Å². The van der Waals surface area contributed by atoms with Gasteiger partial charge in [0.05, 0.1) is 24.7 Å². The summed E-state index contributed by atoms with van der Waals surface area (Å²) in [4.78, 5) is 32.0. The van der Waals surface area contributed by atoms with Crippen molar-refractivity contribution in [2.45, 2.75) is 13.8 Å². The Labute approximate surface area is 168 Å². The summed E-state index contributed by atoms with van der Waals surface area (Å²) >= 11 is 0. The second kappa shape index (κ2) is 9.32. The Bertz CT molecular complexity index is 1010. The number of hydrogen-bond acceptors (Lipinski definition) is 6. The summed E-state index contributed by atoms with van der Waals surface area (Å²) in [5, 5.41) is 8.58. The van der Waals surface area contributed by atoms with E-state index in [1.54, 1.807) is 30.3 Å². The van der Waals surface area contributed by atoms with Crippen LogP contribution < -0.4 is 20.7 Å². The maximum Gasteiger partial charge on any atom is 0.275 e. The molecule has 0 unspecified atom stereocenters. The number of anilines is 4. The molecular weight excluding hydrogens is 370 g/mol. The minimum atomic E-state index is -0.385. The summed E-state index contributed by atoms with van der Waals surface area (Å²) in [6.45, 7) is 3.82. The summed E-state index contributed by atoms with van der Waals surface area (Å²) < 4.78 is 5.51. The lowest BCUT2D eigenvalue weighted by Crippen LogP contribution is -2.15. The Morgan fingerprint density at radius 3 is 2.48 bits per heavy atom. The molecule has 0 bridgehead atoms. The van der Waals surface area contributed by atoms with Gasteiger partial charge in [-0.05, 0) is 37.3 Å². The Hall–Kier alpha value is -3.94. The summed E-state index contributed by atoms with van der Waals surface area (Å²) in [7, 11) is 0. The van der Waals surface area contributed by atoms with Gasteiger partial charge in [-0.2, -0.15) is 0 Å². The number of nitrogens with one attached hydrogen (secondary N) is 3. The molecule has 3 aromatic rings. The van der Waals surface area contributed by atoms with Crippen LogP contribution in [-0.2, 0) is 4.79 Å². The molecule has 8 heteroatoms. The number of benzene rings is 2. The van der Waals surface area contributed by atoms with E-state index in [9.17, 15) is 9.59 Å². The summed E-state index contributed by atoms with van der Waals surface area (Å²) in [5.41, 5.74) is 2.14. The van der Waals surface area contributed by atoms with Crippen molar-refractivity contribution in [2.24, 2.45) is 0 Å². The minimum Gasteiger partial charge on any atom is -0.492 e. The molecule has 3 rings (SSSR count). The van der Waals surface area contributed by atoms with Crippen LogP contribution in [0.1, 0.15) is 24.3 Å². The maximum absolute atomic E-state index is 12.5. The fraction of sp³-hybridized carbons (Fsp3) is 0.143. The number of hydrogen-bond donors (Lipinski definition) is 3. The third-order valence-corrected chi connectivity index (χ3v) is 3.77. The summed E-state index contributed by atoms with van der Waals surface area (Å²) in [6.07, 6.45) is 2.85. The molecule has 0 spiro atoms. The van der Waals surface area contributed by atoms with E-state index in [1.807, 2.05) is 25.1 Å². The normalized spacial score (nSPS) is 10.1. The lowest BCUT2D eigenvalue weighted by atomic mass is 10.2. The van der Waals surface area contributed by atoms with Gasteiger partial charge in [-0.25, -0.2) is 9.97 Å². The number of aromatic nitrogens is 2. The molecule has 0 aliphatic rings. The van der Waals surface area contributed by atoms with E-state index in [4.69, 9.17) is 4.74 Å². The molecule has 2 aromatic carbocycles. The molecule has 8 nitrogen and oxygen atoms in total. The number of carbonyl (C=O) groups is 2. The van der Waals surface area contributed by atoms with Crippen LogP contribution in [-0.4, -0.2) is 28.4 Å². The molecule has 0 radical (unpaired) electrons. The van der Waals surface area contributed by atoms with Gasteiger partial charge in [-0.15, -0.1) is 0 Å². The Morgan fingerprint density at radius 1 is 0.966 bits per heavy atom. The van der Waals surface area contributed by atoms with E-state index in [-0.39, 0.29) is 17.5 Å². The van der Waals surface area contributed by atoms with Gasteiger partial charge in [0.25, 0.3) is 5.91 Å². The lowest BCUT2D eigenvalue weighted by Gasteiger charge is -2.11. The Kier molecular flexibility index (Phi) is 6.36. The highest BCUT2D eigenvalue weighted by Crippen LogP contribution is 2.24. The van der Waals surface area contributed by atoms with Crippen LogP contribution in [0.15, 0.2) is 60.9 Å². The highest BCUT2D eigenvalue weighted by Gasteiger charge is 2.11. The molecule has 1 aromatic heterocycles. The zero-order chi connectivity index (χ0) is 20.6. The van der Waals surface area contributed by atoms with Crippen molar-refractivity contribution < 1.29 is 14.3 Å². The van der Waals surface area contributed by atoms with Crippen LogP contribution >= 0.6 is 0 Å². The average Bonchev–Trinajstić information content (AvgIpc) is 2.70. The molecule has 2 amide bonds. The van der Waals surface area contributed by atoms with Crippen molar-refractivity contribution in [1.82, 2.24) is 9.97 Å². The van der Waals surface area contributed by atoms with E-state index in [0.717, 1.165) is 5.69 Å². The van der Waals surface area contributed by atoms with Crippen molar-refractivity contribution in [1.29, 1.82) is 0 Å². The molecule has 148 valence electrons. The Morgan fingerprint density at radius 2 is 1.76 bits per heavy atom. The SMILES string of the molecule is CCOc1ccccc1NC(=O)c1cnc(Nc2cccc(NC(C)=O)c2)cn1. The van der Waals surface area contributed by atoms with Gasteiger partial charge in [0.1, 0.15) is 17.3 Å². The molecule has 3 N–H and O–H groups in total. The van der Waals surface area contributed by atoms with Crippen LogP contribution in [0.25, 0.3) is 0 Å². The minimum absolute atomic E-state index is 0.150. The smallest absolute Gasteiger partial charge is 0.275 e. The monoisotopic (exact) mass is 391 g/mol. The second-order valence-electron chi connectivity index (χ2n) is 6.06. The van der Waals surface area contributed by atoms with Crippen molar-refractivity contribution in [3.8, 4) is 5.75 Å². The molecule has 1 heterocycles. The van der Waals surface area contributed by atoms with Crippen LogP contribution in [0.3, 0.4) is 0 Å². The Balaban J connectivity index is 1.67. The number of ether oxygens (including phenoxy) is 1. The van der Waals surface area contributed by atoms with Crippen molar-refractivity contribution in [3.05, 3.63) is 66.6 Å². The van der Waals surface area contributed by atoms with Crippen LogP contribution in [0, 0.1) is 0 Å². The summed E-state index contributed by atoms with van der Waals surface area (Å²) in [6, 6.07) is 14.4. The third-order valence-electron chi connectivity index (χ3n) is 3.77. The number of carbonyl (C=O) groups excluding carboxylic acids is 2. The second-order valence-corrected chi connectivity index (χ2v) is 6.06. The number of nitrogens with zero attached hydrogens (tertiary/aromatic N) is 2. The molecule has 29 heavy (non-hydrogen) atoms. The first-order chi connectivity index (χ1) is 14.0. The van der Waals surface area contributed by atoms with Crippen LogP contribution in [0.2, 0.25) is 0 Å². The molecular formula is C21H21N5O3. The number of rotatable bonds is 7. The summed E-state index contributed by atoms with van der Waals surface area (Å²) in [5.74, 6) is 0.525. The van der Waals surface area contributed by atoms with E-state index < -0.39 is 0 Å². The van der Waals surface area contributed by atoms with Crippen molar-refractivity contribution in [3.63, 3.8) is 0 Å². The molecule has 0 atom stereocenters. The van der Waals surface area contributed by atoms with E-state index in [2.05, 4.69) is 25.9 Å². The predicted octanol–water partition coefficient (Wildman–Crippen LogP) is 3.83. The first-order valence-corrected chi connectivity index (χ1v) is 9.05. The third kappa shape index (κ3) is 5.52. The largest absolute Gasteiger partial charge is 0.492 e. The first-order valence-electron chi connectivity index (χ1n) is 9.05. The van der Waals surface area contributed by atoms with E-state index in [0.29, 0.717) is 29.5 Å². The highest BCUT2D eigenvalue weighted by molar-refractivity contribution is 6.03. The average molecular weight is 391 g/mol. The van der Waals surface area contributed by atoms with E-state index in [1.165, 1.54) is 19.3 Å². The molecule has 0 fully saturated rings. The van der Waals surface area contributed by atoms with Crippen molar-refractivity contribution >= 4 is 34.7 Å². The fourth-order valence-corrected chi connectivity index (χ4v) is 2.57. The van der Waals surface area contributed by atoms with Gasteiger partial charge in [0.2, 0.25) is 5.91 Å². The molecule has 0 saturated carbocycles. The van der Waals surface area contributed by atoms with Gasteiger partial charge in [0.15, 0.2) is 0 Å². The highest BCUT2D eigenvalue weighted by atomic mass is 16.5. The molecule has 0 saturated heterocycles. The maximum atomic E-state index is 12.5. The number of para-hydroxylation sites is 2. The number of amides is 2. The topological polar surface area (TPSA) is 105 Å². The zero-order valence-corrected chi connectivity index (χ0v) is 16.1. The lowest BCUT2D eigenvalue weighted by molar-refractivity contribution is -0.114. The predicted molar refractivity (Wildman–Crippen MR) is 112 cm³/mol. The van der Waals surface area contributed by atoms with Gasteiger partial charge in [-0.1, -0.05) is 18.2 Å². The standard InChI is InChI=1S/C21H21N5O3/c1-3-29-19-10-5-4-9-17(19)26-21(28)18-12-23-20(13-22-18)25-16-8-6-7-15(11-16)24-14(2)27/h4-13H,3H2,1-2H3,(H,23,25)(H,24,27)(H,26,28). The van der Waals surface area contributed by atoms with Crippen molar-refractivity contribution in [2.75, 3.05) is 22.6 Å². The van der Waals surface area contributed by atoms with E-state index >= 15 is 0 Å². The molecule has 0 aliphatic carbocycles. The van der Waals surface area contributed by atoms with Crippen LogP contribution in [0.5, 0.6) is 5.75 Å². The van der Waals surface area contributed by atoms with Gasteiger partial charge >= 0.3 is 0 Å². The van der Waals surface area contributed by atoms with Gasteiger partial charge in [0, 0.05) is 18.3 Å². The van der Waals surface area contributed by atoms with Crippen LogP contribution in [0.4, 0.5) is 22.9 Å². The quantitative estimate of drug-likeness (QED) is 0.565. The fourth-order valence-electron chi connectivity index (χ4n) is 2.57. The molecule has 0 aliphatic heterocycles.